The van der Waals surface area contributed by atoms with Crippen LogP contribution in [0.4, 0.5) is 0 Å². The number of carbonyl (C=O) groups is 1. The summed E-state index contributed by atoms with van der Waals surface area (Å²) in [4.78, 5) is 11.3. The van der Waals surface area contributed by atoms with E-state index in [2.05, 4.69) is 15.9 Å². The van der Waals surface area contributed by atoms with Gasteiger partial charge in [-0.3, -0.25) is 4.79 Å². The summed E-state index contributed by atoms with van der Waals surface area (Å²) in [5.74, 6) is -0.288. The molecule has 0 saturated heterocycles. The van der Waals surface area contributed by atoms with Gasteiger partial charge >= 0.3 is 5.97 Å². The number of aliphatic hydroxyl groups excluding tert-OH is 1. The van der Waals surface area contributed by atoms with Gasteiger partial charge in [-0.15, -0.1) is 0 Å². The quantitative estimate of drug-likeness (QED) is 0.803. The minimum absolute atomic E-state index is 0.188. The molecule has 0 aromatic heterocycles. The predicted octanol–water partition coefficient (Wildman–Crippen LogP) is 3.87. The van der Waals surface area contributed by atoms with E-state index >= 15 is 0 Å². The van der Waals surface area contributed by atoms with Crippen LogP contribution in [0.3, 0.4) is 0 Å². The van der Waals surface area contributed by atoms with E-state index in [9.17, 15) is 9.90 Å². The summed E-state index contributed by atoms with van der Waals surface area (Å²) >= 11 is 9.31. The molecule has 1 aromatic carbocycles. The van der Waals surface area contributed by atoms with Crippen LogP contribution in [0.1, 0.15) is 37.9 Å². The van der Waals surface area contributed by atoms with Crippen LogP contribution in [-0.4, -0.2) is 17.7 Å². The topological polar surface area (TPSA) is 46.5 Å². The summed E-state index contributed by atoms with van der Waals surface area (Å²) in [5.41, 5.74) is 0.628. The number of benzene rings is 1. The zero-order valence-electron chi connectivity index (χ0n) is 10.2. The van der Waals surface area contributed by atoms with Crippen molar-refractivity contribution in [3.63, 3.8) is 0 Å². The van der Waals surface area contributed by atoms with Crippen molar-refractivity contribution in [2.75, 3.05) is 6.61 Å². The molecule has 0 aliphatic rings. The van der Waals surface area contributed by atoms with Gasteiger partial charge in [0.2, 0.25) is 0 Å². The Bertz CT molecular complexity index is 409. The summed E-state index contributed by atoms with van der Waals surface area (Å²) in [7, 11) is 0. The van der Waals surface area contributed by atoms with Gasteiger partial charge in [-0.2, -0.15) is 0 Å². The predicted molar refractivity (Wildman–Crippen MR) is 74.6 cm³/mol. The van der Waals surface area contributed by atoms with E-state index < -0.39 is 6.10 Å². The molecule has 1 rings (SSSR count). The second kappa shape index (κ2) is 7.77. The molecule has 3 nitrogen and oxygen atoms in total. The summed E-state index contributed by atoms with van der Waals surface area (Å²) in [5, 5.41) is 10.4. The highest BCUT2D eigenvalue weighted by molar-refractivity contribution is 9.10. The molecule has 100 valence electrons. The number of aliphatic hydroxyl groups is 1. The van der Waals surface area contributed by atoms with Gasteiger partial charge < -0.3 is 9.84 Å². The first-order chi connectivity index (χ1) is 8.54. The van der Waals surface area contributed by atoms with E-state index in [1.807, 2.05) is 6.92 Å². The molecule has 5 heteroatoms. The molecule has 1 unspecified atom stereocenters. The number of esters is 1. The van der Waals surface area contributed by atoms with Crippen molar-refractivity contribution in [1.29, 1.82) is 0 Å². The number of ether oxygens (including phenoxy) is 1. The molecule has 0 heterocycles. The molecule has 0 saturated carbocycles. The first-order valence-electron chi connectivity index (χ1n) is 5.83. The van der Waals surface area contributed by atoms with Crippen LogP contribution in [0.5, 0.6) is 0 Å². The molecule has 0 aliphatic heterocycles. The van der Waals surface area contributed by atoms with Gasteiger partial charge in [-0.05, 0) is 30.5 Å². The second-order valence-corrected chi connectivity index (χ2v) is 5.26. The van der Waals surface area contributed by atoms with E-state index in [1.165, 1.54) is 0 Å². The molecule has 1 atom stereocenters. The Morgan fingerprint density at radius 2 is 2.28 bits per heavy atom. The SMILES string of the molecule is CCCOC(=O)CCC(O)c1ccc(Br)cc1Cl. The fraction of sp³-hybridized carbons (Fsp3) is 0.462. The highest BCUT2D eigenvalue weighted by atomic mass is 79.9. The number of carbonyl (C=O) groups excluding carboxylic acids is 1. The molecule has 0 spiro atoms. The minimum atomic E-state index is -0.750. The Balaban J connectivity index is 2.50. The Morgan fingerprint density at radius 1 is 1.56 bits per heavy atom. The van der Waals surface area contributed by atoms with Crippen molar-refractivity contribution in [2.45, 2.75) is 32.3 Å². The van der Waals surface area contributed by atoms with Crippen molar-refractivity contribution in [2.24, 2.45) is 0 Å². The van der Waals surface area contributed by atoms with Crippen molar-refractivity contribution in [3.8, 4) is 0 Å². The summed E-state index contributed by atoms with van der Waals surface area (Å²) < 4.78 is 5.79. The van der Waals surface area contributed by atoms with Gasteiger partial charge in [-0.25, -0.2) is 0 Å². The van der Waals surface area contributed by atoms with Crippen LogP contribution in [-0.2, 0) is 9.53 Å². The van der Waals surface area contributed by atoms with Crippen molar-refractivity contribution in [1.82, 2.24) is 0 Å². The highest BCUT2D eigenvalue weighted by Crippen LogP contribution is 2.28. The Morgan fingerprint density at radius 3 is 2.89 bits per heavy atom. The van der Waals surface area contributed by atoms with Crippen LogP contribution in [0, 0.1) is 0 Å². The molecule has 0 amide bonds. The third-order valence-electron chi connectivity index (χ3n) is 2.41. The molecule has 1 N–H and O–H groups in total. The maximum absolute atomic E-state index is 11.3. The van der Waals surface area contributed by atoms with Crippen LogP contribution in [0.2, 0.25) is 5.02 Å². The van der Waals surface area contributed by atoms with Gasteiger partial charge in [0.1, 0.15) is 0 Å². The third kappa shape index (κ3) is 4.96. The van der Waals surface area contributed by atoms with E-state index in [-0.39, 0.29) is 12.4 Å². The summed E-state index contributed by atoms with van der Waals surface area (Å²) in [6, 6.07) is 5.27. The fourth-order valence-electron chi connectivity index (χ4n) is 1.47. The second-order valence-electron chi connectivity index (χ2n) is 3.94. The molecule has 0 fully saturated rings. The lowest BCUT2D eigenvalue weighted by atomic mass is 10.1. The van der Waals surface area contributed by atoms with Gasteiger partial charge in [0, 0.05) is 15.9 Å². The molecular weight excluding hydrogens is 319 g/mol. The normalized spacial score (nSPS) is 12.2. The first kappa shape index (κ1) is 15.5. The lowest BCUT2D eigenvalue weighted by Gasteiger charge is -2.12. The maximum Gasteiger partial charge on any atom is 0.305 e. The number of halogens is 2. The Hall–Kier alpha value is -0.580. The van der Waals surface area contributed by atoms with Gasteiger partial charge in [-0.1, -0.05) is 40.5 Å². The van der Waals surface area contributed by atoms with Crippen molar-refractivity contribution < 1.29 is 14.6 Å². The number of hydrogen-bond acceptors (Lipinski definition) is 3. The van der Waals surface area contributed by atoms with Crippen molar-refractivity contribution in [3.05, 3.63) is 33.3 Å². The van der Waals surface area contributed by atoms with Gasteiger partial charge in [0.05, 0.1) is 12.7 Å². The van der Waals surface area contributed by atoms with Gasteiger partial charge in [0.25, 0.3) is 0 Å². The Labute approximate surface area is 120 Å². The van der Waals surface area contributed by atoms with E-state index in [0.29, 0.717) is 23.6 Å². The number of hydrogen-bond donors (Lipinski definition) is 1. The van der Waals surface area contributed by atoms with Crippen LogP contribution in [0.15, 0.2) is 22.7 Å². The summed E-state index contributed by atoms with van der Waals surface area (Å²) in [6.07, 6.45) is 0.546. The number of rotatable bonds is 6. The zero-order valence-corrected chi connectivity index (χ0v) is 12.5. The largest absolute Gasteiger partial charge is 0.466 e. The molecule has 0 bridgehead atoms. The first-order valence-corrected chi connectivity index (χ1v) is 7.00. The third-order valence-corrected chi connectivity index (χ3v) is 3.23. The maximum atomic E-state index is 11.3. The van der Waals surface area contributed by atoms with E-state index in [1.54, 1.807) is 18.2 Å². The van der Waals surface area contributed by atoms with Crippen LogP contribution >= 0.6 is 27.5 Å². The molecular formula is C13H16BrClO3. The van der Waals surface area contributed by atoms with E-state index in [4.69, 9.17) is 16.3 Å². The average Bonchev–Trinajstić information content (AvgIpc) is 2.33. The fourth-order valence-corrected chi connectivity index (χ4v) is 2.27. The van der Waals surface area contributed by atoms with Gasteiger partial charge in [0.15, 0.2) is 0 Å². The average molecular weight is 336 g/mol. The molecule has 18 heavy (non-hydrogen) atoms. The Kier molecular flexibility index (Phi) is 6.68. The van der Waals surface area contributed by atoms with Crippen molar-refractivity contribution >= 4 is 33.5 Å². The lowest BCUT2D eigenvalue weighted by molar-refractivity contribution is -0.144. The zero-order chi connectivity index (χ0) is 13.5. The molecule has 0 aliphatic carbocycles. The standard InChI is InChI=1S/C13H16BrClO3/c1-2-7-18-13(17)6-5-12(16)10-4-3-9(14)8-11(10)15/h3-4,8,12,16H,2,5-7H2,1H3. The van der Waals surface area contributed by atoms with Crippen LogP contribution in [0.25, 0.3) is 0 Å². The minimum Gasteiger partial charge on any atom is -0.466 e. The highest BCUT2D eigenvalue weighted by Gasteiger charge is 2.14. The summed E-state index contributed by atoms with van der Waals surface area (Å²) in [6.45, 7) is 2.36. The monoisotopic (exact) mass is 334 g/mol. The smallest absolute Gasteiger partial charge is 0.305 e. The van der Waals surface area contributed by atoms with Crippen LogP contribution < -0.4 is 0 Å². The lowest BCUT2D eigenvalue weighted by Crippen LogP contribution is -2.08. The molecule has 0 radical (unpaired) electrons. The molecule has 1 aromatic rings. The van der Waals surface area contributed by atoms with E-state index in [0.717, 1.165) is 10.9 Å².